The summed E-state index contributed by atoms with van der Waals surface area (Å²) in [6, 6.07) is 0. The first-order valence-electron chi connectivity index (χ1n) is 29.6. The lowest BCUT2D eigenvalue weighted by atomic mass is 9.43. The van der Waals surface area contributed by atoms with Gasteiger partial charge in [-0.2, -0.15) is 0 Å². The maximum absolute atomic E-state index is 14.9. The Kier molecular flexibility index (Phi) is 17.9. The molecule has 0 aromatic rings. The summed E-state index contributed by atoms with van der Waals surface area (Å²) in [5.74, 6) is -0.879. The van der Waals surface area contributed by atoms with E-state index in [1.807, 2.05) is 13.8 Å². The van der Waals surface area contributed by atoms with Crippen LogP contribution in [0.25, 0.3) is 0 Å². The van der Waals surface area contributed by atoms with Crippen LogP contribution >= 0.6 is 0 Å². The summed E-state index contributed by atoms with van der Waals surface area (Å²) >= 11 is 0. The molecular weight excluding hydrogens is 1090 g/mol. The molecule has 0 unspecified atom stereocenters. The van der Waals surface area contributed by atoms with Crippen LogP contribution in [0.5, 0.6) is 0 Å². The number of aliphatic hydroxyl groups excluding tert-OH is 13. The molecular formula is C55H88O27. The second-order valence-corrected chi connectivity index (χ2v) is 26.2. The van der Waals surface area contributed by atoms with E-state index in [-0.39, 0.29) is 34.9 Å². The predicted molar refractivity (Wildman–Crippen MR) is 269 cm³/mol. The second-order valence-electron chi connectivity index (χ2n) is 26.2. The van der Waals surface area contributed by atoms with Gasteiger partial charge in [0.25, 0.3) is 0 Å². The van der Waals surface area contributed by atoms with Gasteiger partial charge in [0.2, 0.25) is 0 Å². The smallest absolute Gasteiger partial charge is 0.187 e. The average Bonchev–Trinajstić information content (AvgIpc) is 1.69. The monoisotopic (exact) mass is 1180 g/mol. The molecule has 0 aromatic carbocycles. The molecule has 11 fully saturated rings. The van der Waals surface area contributed by atoms with Gasteiger partial charge in [0, 0.05) is 18.8 Å². The van der Waals surface area contributed by atoms with Gasteiger partial charge in [-0.1, -0.05) is 20.8 Å². The summed E-state index contributed by atoms with van der Waals surface area (Å²) in [6.07, 6.45) is -35.7. The highest BCUT2D eigenvalue weighted by Crippen LogP contribution is 2.72. The Labute approximate surface area is 474 Å². The summed E-state index contributed by atoms with van der Waals surface area (Å²) < 4.78 is 74.1. The number of aliphatic hydroxyl groups is 14. The molecule has 4 aliphatic carbocycles. The number of Topliss-reactive ketones (excluding diaryl/α,β-unsaturated/α-hetero) is 1. The Morgan fingerprint density at radius 1 is 0.549 bits per heavy atom. The molecule has 0 aromatic heterocycles. The molecule has 35 atom stereocenters. The molecule has 4 saturated carbocycles. The summed E-state index contributed by atoms with van der Waals surface area (Å²) in [4.78, 5) is 14.9. The van der Waals surface area contributed by atoms with Gasteiger partial charge in [0.15, 0.2) is 37.2 Å². The number of fused-ring (bicyclic) bond motifs is 7. The minimum atomic E-state index is -1.97. The fourth-order valence-electron chi connectivity index (χ4n) is 16.6. The van der Waals surface area contributed by atoms with Crippen LogP contribution in [0.3, 0.4) is 0 Å². The summed E-state index contributed by atoms with van der Waals surface area (Å²) in [5.41, 5.74) is -2.75. The molecule has 27 nitrogen and oxygen atoms in total. The fraction of sp³-hybridized carbons (Fsp3) is 0.982. The van der Waals surface area contributed by atoms with Crippen molar-refractivity contribution in [1.29, 1.82) is 0 Å². The van der Waals surface area contributed by atoms with Gasteiger partial charge in [-0.3, -0.25) is 4.79 Å². The van der Waals surface area contributed by atoms with Gasteiger partial charge in [0.1, 0.15) is 115 Å². The Hall–Kier alpha value is -1.37. The van der Waals surface area contributed by atoms with Gasteiger partial charge in [-0.25, -0.2) is 0 Å². The van der Waals surface area contributed by atoms with E-state index in [1.54, 1.807) is 0 Å². The quantitative estimate of drug-likeness (QED) is 0.0819. The molecule has 0 radical (unpaired) electrons. The summed E-state index contributed by atoms with van der Waals surface area (Å²) in [7, 11) is 0. The van der Waals surface area contributed by atoms with Crippen molar-refractivity contribution in [3.05, 3.63) is 0 Å². The standard InChI is InChI=1S/C55H88O27/c1-20-8-11-54(73-17-20)22(3)55(70)33(82-54)14-27-25-7-6-23-12-24(9-10-52(23,4)26(25)13-32(60)53(27,55)5)75-50-45(80-49-41(68)38(65)34(61)21(2)74-49)42(69)43(31(16-57)77-50)78-51-46(81-48-40(67)36(63)29(59)19-72-48)44(37(64)30(15-56)76-51)79-47-39(66)35(62)28(58)18-71-47/h20-31,33-51,56-59,61-70H,6-19H2,1-5H3/t20-,21+,22-,23+,24+,25-,26+,27+,28-,29+,30-,31-,33+,34+,35+,36+,37-,38-,39-,40-,41-,42+,43+,44+,45-,46-,47+,48+,49+,50-,51+,52+,53-,54-,55-/m1/s1. The van der Waals surface area contributed by atoms with Crippen LogP contribution in [0.4, 0.5) is 0 Å². The molecule has 27 heteroatoms. The molecule has 470 valence electrons. The number of hydrogen-bond acceptors (Lipinski definition) is 27. The van der Waals surface area contributed by atoms with Crippen LogP contribution in [-0.4, -0.2) is 275 Å². The Morgan fingerprint density at radius 3 is 1.78 bits per heavy atom. The van der Waals surface area contributed by atoms with Gasteiger partial charge in [0.05, 0.1) is 56.8 Å². The van der Waals surface area contributed by atoms with Crippen molar-refractivity contribution in [2.24, 2.45) is 46.3 Å². The van der Waals surface area contributed by atoms with E-state index in [1.165, 1.54) is 6.92 Å². The molecule has 0 amide bonds. The van der Waals surface area contributed by atoms with Gasteiger partial charge < -0.3 is 128 Å². The van der Waals surface area contributed by atoms with Crippen LogP contribution in [-0.2, 0) is 61.6 Å². The van der Waals surface area contributed by atoms with Crippen molar-refractivity contribution in [2.75, 3.05) is 33.0 Å². The van der Waals surface area contributed by atoms with Crippen molar-refractivity contribution >= 4 is 5.78 Å². The summed E-state index contributed by atoms with van der Waals surface area (Å²) in [6.45, 7) is 7.34. The van der Waals surface area contributed by atoms with Crippen LogP contribution in [0.2, 0.25) is 0 Å². The first-order chi connectivity index (χ1) is 38.8. The fourth-order valence-corrected chi connectivity index (χ4v) is 16.6. The van der Waals surface area contributed by atoms with E-state index in [9.17, 15) is 76.3 Å². The predicted octanol–water partition coefficient (Wildman–Crippen LogP) is -4.49. The van der Waals surface area contributed by atoms with Gasteiger partial charge >= 0.3 is 0 Å². The van der Waals surface area contributed by atoms with E-state index in [2.05, 4.69) is 13.8 Å². The topological polar surface area (TPSA) is 411 Å². The lowest BCUT2D eigenvalue weighted by Gasteiger charge is -2.61. The Morgan fingerprint density at radius 2 is 1.15 bits per heavy atom. The van der Waals surface area contributed by atoms with Crippen molar-refractivity contribution < 1.29 is 133 Å². The zero-order chi connectivity index (χ0) is 58.9. The van der Waals surface area contributed by atoms with Crippen molar-refractivity contribution in [2.45, 2.75) is 257 Å². The van der Waals surface area contributed by atoms with E-state index in [0.717, 1.165) is 19.3 Å². The minimum absolute atomic E-state index is 0.00108. The number of hydrogen-bond donors (Lipinski definition) is 14. The molecule has 11 aliphatic rings. The summed E-state index contributed by atoms with van der Waals surface area (Å²) in [5, 5.41) is 155. The van der Waals surface area contributed by atoms with Crippen LogP contribution in [0.15, 0.2) is 0 Å². The van der Waals surface area contributed by atoms with Crippen molar-refractivity contribution in [3.8, 4) is 0 Å². The lowest BCUT2D eigenvalue weighted by molar-refractivity contribution is -0.408. The lowest BCUT2D eigenvalue weighted by Crippen LogP contribution is -2.68. The zero-order valence-electron chi connectivity index (χ0n) is 46.9. The third-order valence-corrected chi connectivity index (χ3v) is 21.8. The molecule has 7 heterocycles. The minimum Gasteiger partial charge on any atom is -0.394 e. The molecule has 7 saturated heterocycles. The maximum atomic E-state index is 14.9. The number of rotatable bonds is 12. The normalized spacial score (nSPS) is 57.9. The van der Waals surface area contributed by atoms with Gasteiger partial charge in [-0.05, 0) is 93.8 Å². The maximum Gasteiger partial charge on any atom is 0.187 e. The zero-order valence-corrected chi connectivity index (χ0v) is 46.9. The van der Waals surface area contributed by atoms with Crippen molar-refractivity contribution in [1.82, 2.24) is 0 Å². The highest BCUT2D eigenvalue weighted by molar-refractivity contribution is 5.88. The van der Waals surface area contributed by atoms with Gasteiger partial charge in [-0.15, -0.1) is 0 Å². The second kappa shape index (κ2) is 23.5. The highest BCUT2D eigenvalue weighted by Gasteiger charge is 2.79. The average molecular weight is 1180 g/mol. The van der Waals surface area contributed by atoms with E-state index < -0.39 is 203 Å². The van der Waals surface area contributed by atoms with Crippen molar-refractivity contribution in [3.63, 3.8) is 0 Å². The Bertz CT molecular complexity index is 2210. The number of ether oxygens (including phenoxy) is 12. The SMILES string of the molecule is C[C@@H]1CC[C@@]2(OC1)O[C@H]1C[C@H]3[C@@H]4CC[C@H]5C[C@@H](O[C@@H]6O[C@H](CO)[C@H](O[C@@H]7O[C@H](CO)[C@@H](O)[C@H](O[C@@H]8OC[C@@H](O)[C@H](O)[C@H]8O)[C@H]7O[C@@H]7OC[C@H](O)[C@H](O)[C@H]7O)[C@H](O)[C@H]6O[C@@H]6O[C@@H](C)[C@H](O)[C@@H](O)[C@H]6O)CC[C@]5(C)[C@H]4CC(=O)[C@]3(C)[C@@]1(O)[C@@H]2C. The Balaban J connectivity index is 0.840. The van der Waals surface area contributed by atoms with E-state index in [0.29, 0.717) is 51.0 Å². The number of carbonyl (C=O) groups is 1. The van der Waals surface area contributed by atoms with Crippen LogP contribution in [0.1, 0.15) is 92.4 Å². The third kappa shape index (κ3) is 10.2. The third-order valence-electron chi connectivity index (χ3n) is 21.8. The number of carbonyl (C=O) groups excluding carboxylic acids is 1. The molecule has 1 spiro atoms. The number of ketones is 1. The largest absolute Gasteiger partial charge is 0.394 e. The molecule has 0 bridgehead atoms. The molecule has 82 heavy (non-hydrogen) atoms. The van der Waals surface area contributed by atoms with E-state index >= 15 is 0 Å². The first-order valence-corrected chi connectivity index (χ1v) is 29.6. The molecule has 14 N–H and O–H groups in total. The van der Waals surface area contributed by atoms with Crippen LogP contribution in [0, 0.1) is 46.3 Å². The first kappa shape index (κ1) is 62.2. The highest BCUT2D eigenvalue weighted by atomic mass is 16.8. The molecule has 7 aliphatic heterocycles. The van der Waals surface area contributed by atoms with Crippen LogP contribution < -0.4 is 0 Å². The van der Waals surface area contributed by atoms with E-state index in [4.69, 9.17) is 56.8 Å². The molecule has 11 rings (SSSR count).